The van der Waals surface area contributed by atoms with E-state index < -0.39 is 0 Å². The summed E-state index contributed by atoms with van der Waals surface area (Å²) in [4.78, 5) is 25.5. The average molecular weight is 308 g/mol. The molecule has 22 heavy (non-hydrogen) atoms. The molecular formula is C16H21FN2O3. The first-order chi connectivity index (χ1) is 10.6. The summed E-state index contributed by atoms with van der Waals surface area (Å²) in [6.45, 7) is 3.47. The lowest BCUT2D eigenvalue weighted by Crippen LogP contribution is -2.43. The predicted molar refractivity (Wildman–Crippen MR) is 80.8 cm³/mol. The van der Waals surface area contributed by atoms with E-state index >= 15 is 0 Å². The van der Waals surface area contributed by atoms with Gasteiger partial charge in [0.25, 0.3) is 0 Å². The summed E-state index contributed by atoms with van der Waals surface area (Å²) in [5.41, 5.74) is 0.705. The Morgan fingerprint density at radius 3 is 2.50 bits per heavy atom. The van der Waals surface area contributed by atoms with E-state index in [0.29, 0.717) is 38.2 Å². The van der Waals surface area contributed by atoms with Gasteiger partial charge in [-0.25, -0.2) is 4.39 Å². The SMILES string of the molecule is CCOC(=O)C1CCN(C(=O)CNc2ccc(F)cc2)CC1. The number of rotatable bonds is 5. The summed E-state index contributed by atoms with van der Waals surface area (Å²) >= 11 is 0. The van der Waals surface area contributed by atoms with Crippen LogP contribution in [0.1, 0.15) is 19.8 Å². The monoisotopic (exact) mass is 308 g/mol. The van der Waals surface area contributed by atoms with Gasteiger partial charge < -0.3 is 15.0 Å². The first-order valence-electron chi connectivity index (χ1n) is 7.54. The number of hydrogen-bond acceptors (Lipinski definition) is 4. The zero-order chi connectivity index (χ0) is 15.9. The third-order valence-electron chi connectivity index (χ3n) is 3.76. The molecule has 2 rings (SSSR count). The van der Waals surface area contributed by atoms with Crippen LogP contribution in [0.15, 0.2) is 24.3 Å². The molecule has 1 aliphatic rings. The van der Waals surface area contributed by atoms with Crippen molar-refractivity contribution in [3.8, 4) is 0 Å². The van der Waals surface area contributed by atoms with Gasteiger partial charge in [-0.2, -0.15) is 0 Å². The number of carbonyl (C=O) groups is 2. The van der Waals surface area contributed by atoms with Crippen molar-refractivity contribution >= 4 is 17.6 Å². The Balaban J connectivity index is 1.75. The number of esters is 1. The first-order valence-corrected chi connectivity index (χ1v) is 7.54. The number of likely N-dealkylation sites (tertiary alicyclic amines) is 1. The molecule has 1 aromatic carbocycles. The number of piperidine rings is 1. The average Bonchev–Trinajstić information content (AvgIpc) is 2.54. The Kier molecular flexibility index (Phi) is 5.75. The number of carbonyl (C=O) groups excluding carboxylic acids is 2. The van der Waals surface area contributed by atoms with Gasteiger partial charge in [0.1, 0.15) is 5.82 Å². The molecule has 120 valence electrons. The van der Waals surface area contributed by atoms with Gasteiger partial charge in [-0.3, -0.25) is 9.59 Å². The summed E-state index contributed by atoms with van der Waals surface area (Å²) < 4.78 is 17.8. The number of halogens is 1. The highest BCUT2D eigenvalue weighted by molar-refractivity contribution is 5.81. The minimum absolute atomic E-state index is 0.0216. The number of hydrogen-bond donors (Lipinski definition) is 1. The molecule has 1 amide bonds. The van der Waals surface area contributed by atoms with E-state index in [1.807, 2.05) is 0 Å². The Morgan fingerprint density at radius 1 is 1.27 bits per heavy atom. The molecule has 5 nitrogen and oxygen atoms in total. The van der Waals surface area contributed by atoms with Gasteiger partial charge in [0.15, 0.2) is 0 Å². The van der Waals surface area contributed by atoms with Crippen LogP contribution in [0.4, 0.5) is 10.1 Å². The van der Waals surface area contributed by atoms with Crippen molar-refractivity contribution in [1.82, 2.24) is 4.90 Å². The molecule has 0 bridgehead atoms. The number of amides is 1. The van der Waals surface area contributed by atoms with Gasteiger partial charge in [-0.15, -0.1) is 0 Å². The van der Waals surface area contributed by atoms with Gasteiger partial charge >= 0.3 is 5.97 Å². The van der Waals surface area contributed by atoms with Crippen molar-refractivity contribution in [2.24, 2.45) is 5.92 Å². The van der Waals surface area contributed by atoms with E-state index in [4.69, 9.17) is 4.74 Å². The summed E-state index contributed by atoms with van der Waals surface area (Å²) in [6, 6.07) is 5.88. The molecule has 0 radical (unpaired) electrons. The topological polar surface area (TPSA) is 58.6 Å². The Labute approximate surface area is 129 Å². The quantitative estimate of drug-likeness (QED) is 0.846. The second kappa shape index (κ2) is 7.77. The van der Waals surface area contributed by atoms with Gasteiger partial charge in [-0.05, 0) is 44.0 Å². The van der Waals surface area contributed by atoms with Crippen LogP contribution >= 0.6 is 0 Å². The van der Waals surface area contributed by atoms with Crippen LogP contribution in [0.2, 0.25) is 0 Å². The van der Waals surface area contributed by atoms with Crippen molar-refractivity contribution in [2.45, 2.75) is 19.8 Å². The van der Waals surface area contributed by atoms with E-state index in [2.05, 4.69) is 5.32 Å². The van der Waals surface area contributed by atoms with E-state index in [-0.39, 0.29) is 30.2 Å². The molecule has 1 heterocycles. The van der Waals surface area contributed by atoms with E-state index in [1.165, 1.54) is 12.1 Å². The normalized spacial score (nSPS) is 15.5. The maximum absolute atomic E-state index is 12.8. The highest BCUT2D eigenvalue weighted by Gasteiger charge is 2.27. The van der Waals surface area contributed by atoms with E-state index in [1.54, 1.807) is 24.0 Å². The third-order valence-corrected chi connectivity index (χ3v) is 3.76. The highest BCUT2D eigenvalue weighted by Crippen LogP contribution is 2.19. The highest BCUT2D eigenvalue weighted by atomic mass is 19.1. The van der Waals surface area contributed by atoms with Gasteiger partial charge in [0, 0.05) is 18.8 Å². The second-order valence-corrected chi connectivity index (χ2v) is 5.27. The summed E-state index contributed by atoms with van der Waals surface area (Å²) in [7, 11) is 0. The van der Waals surface area contributed by atoms with Crippen molar-refractivity contribution < 1.29 is 18.7 Å². The van der Waals surface area contributed by atoms with Crippen LogP contribution in [0.25, 0.3) is 0 Å². The van der Waals surface area contributed by atoms with Gasteiger partial charge in [0.05, 0.1) is 19.1 Å². The standard InChI is InChI=1S/C16H21FN2O3/c1-2-22-16(21)12-7-9-19(10-8-12)15(20)11-18-14-5-3-13(17)4-6-14/h3-6,12,18H,2,7-11H2,1H3. The molecule has 6 heteroatoms. The molecule has 1 fully saturated rings. The second-order valence-electron chi connectivity index (χ2n) is 5.27. The Morgan fingerprint density at radius 2 is 1.91 bits per heavy atom. The molecule has 1 aromatic rings. The van der Waals surface area contributed by atoms with Crippen molar-refractivity contribution in [3.05, 3.63) is 30.1 Å². The van der Waals surface area contributed by atoms with Crippen LogP contribution in [-0.4, -0.2) is 43.0 Å². The van der Waals surface area contributed by atoms with Crippen LogP contribution in [-0.2, 0) is 14.3 Å². The van der Waals surface area contributed by atoms with Crippen LogP contribution in [0.5, 0.6) is 0 Å². The zero-order valence-corrected chi connectivity index (χ0v) is 12.7. The number of nitrogens with zero attached hydrogens (tertiary/aromatic N) is 1. The maximum atomic E-state index is 12.8. The van der Waals surface area contributed by atoms with Crippen LogP contribution in [0, 0.1) is 11.7 Å². The largest absolute Gasteiger partial charge is 0.466 e. The van der Waals surface area contributed by atoms with Gasteiger partial charge in [-0.1, -0.05) is 0 Å². The number of nitrogens with one attached hydrogen (secondary N) is 1. The smallest absolute Gasteiger partial charge is 0.309 e. The fourth-order valence-electron chi connectivity index (χ4n) is 2.48. The molecule has 1 N–H and O–H groups in total. The molecule has 0 aromatic heterocycles. The summed E-state index contributed by atoms with van der Waals surface area (Å²) in [5.74, 6) is -0.599. The molecule has 0 unspecified atom stereocenters. The lowest BCUT2D eigenvalue weighted by atomic mass is 9.97. The Bertz CT molecular complexity index is 511. The fourth-order valence-corrected chi connectivity index (χ4v) is 2.48. The Hall–Kier alpha value is -2.11. The van der Waals surface area contributed by atoms with Crippen LogP contribution < -0.4 is 5.32 Å². The number of benzene rings is 1. The summed E-state index contributed by atoms with van der Waals surface area (Å²) in [5, 5.41) is 2.97. The molecular weight excluding hydrogens is 287 g/mol. The molecule has 0 saturated carbocycles. The lowest BCUT2D eigenvalue weighted by molar-refractivity contribution is -0.151. The predicted octanol–water partition coefficient (Wildman–Crippen LogP) is 2.04. The third kappa shape index (κ3) is 4.44. The molecule has 0 atom stereocenters. The van der Waals surface area contributed by atoms with E-state index in [9.17, 15) is 14.0 Å². The number of anilines is 1. The van der Waals surface area contributed by atoms with Crippen molar-refractivity contribution in [2.75, 3.05) is 31.6 Å². The lowest BCUT2D eigenvalue weighted by Gasteiger charge is -2.31. The minimum Gasteiger partial charge on any atom is -0.466 e. The molecule has 0 aliphatic carbocycles. The van der Waals surface area contributed by atoms with Crippen molar-refractivity contribution in [1.29, 1.82) is 0 Å². The molecule has 1 saturated heterocycles. The van der Waals surface area contributed by atoms with E-state index in [0.717, 1.165) is 0 Å². The zero-order valence-electron chi connectivity index (χ0n) is 12.7. The number of ether oxygens (including phenoxy) is 1. The van der Waals surface area contributed by atoms with Crippen LogP contribution in [0.3, 0.4) is 0 Å². The fraction of sp³-hybridized carbons (Fsp3) is 0.500. The van der Waals surface area contributed by atoms with Crippen molar-refractivity contribution in [3.63, 3.8) is 0 Å². The molecule has 1 aliphatic heterocycles. The van der Waals surface area contributed by atoms with Gasteiger partial charge in [0.2, 0.25) is 5.91 Å². The first kappa shape index (κ1) is 16.3. The summed E-state index contributed by atoms with van der Waals surface area (Å²) in [6.07, 6.45) is 1.28. The minimum atomic E-state index is -0.307. The molecule has 0 spiro atoms. The maximum Gasteiger partial charge on any atom is 0.309 e.